The van der Waals surface area contributed by atoms with Gasteiger partial charge >= 0.3 is 56.6 Å². The van der Waals surface area contributed by atoms with Crippen LogP contribution in [-0.2, 0) is 5.41 Å². The molecule has 2 aromatic carbocycles. The maximum atomic E-state index is 2.51. The Morgan fingerprint density at radius 1 is 0.615 bits per heavy atom. The van der Waals surface area contributed by atoms with Crippen LogP contribution >= 0.6 is 0 Å². The Morgan fingerprint density at radius 2 is 1.03 bits per heavy atom. The van der Waals surface area contributed by atoms with Crippen molar-refractivity contribution in [2.24, 2.45) is 17.8 Å². The summed E-state index contributed by atoms with van der Waals surface area (Å²) in [7, 11) is 0. The van der Waals surface area contributed by atoms with Crippen LogP contribution in [0.25, 0.3) is 0 Å². The summed E-state index contributed by atoms with van der Waals surface area (Å²) in [6, 6.07) is 18.8. The van der Waals surface area contributed by atoms with E-state index in [0.717, 1.165) is 18.3 Å². The molecular formula is C36H55Li3. The van der Waals surface area contributed by atoms with Gasteiger partial charge in [-0.25, -0.2) is 0 Å². The van der Waals surface area contributed by atoms with Crippen LogP contribution in [0.1, 0.15) is 136 Å². The molecule has 0 aliphatic heterocycles. The van der Waals surface area contributed by atoms with Gasteiger partial charge in [-0.2, -0.15) is 70.8 Å². The Balaban J connectivity index is 0. The normalized spacial score (nSPS) is 14.4. The third-order valence-electron chi connectivity index (χ3n) is 8.75. The first kappa shape index (κ1) is 41.0. The zero-order valence-corrected chi connectivity index (χ0v) is 28.3. The van der Waals surface area contributed by atoms with Crippen molar-refractivity contribution in [3.05, 3.63) is 88.5 Å². The summed E-state index contributed by atoms with van der Waals surface area (Å²) in [6.45, 7) is 23.6. The van der Waals surface area contributed by atoms with E-state index in [-0.39, 0.29) is 62.0 Å². The van der Waals surface area contributed by atoms with Gasteiger partial charge in [0.1, 0.15) is 0 Å². The van der Waals surface area contributed by atoms with E-state index < -0.39 is 0 Å². The van der Waals surface area contributed by atoms with Gasteiger partial charge in [-0.05, 0) is 17.8 Å². The first-order valence-corrected chi connectivity index (χ1v) is 14.7. The second-order valence-electron chi connectivity index (χ2n) is 12.4. The number of benzene rings is 2. The van der Waals surface area contributed by atoms with Gasteiger partial charge in [-0.15, -0.1) is 6.07 Å². The van der Waals surface area contributed by atoms with Crippen molar-refractivity contribution < 1.29 is 56.6 Å². The predicted octanol–water partition coefficient (Wildman–Crippen LogP) is 2.18. The first-order chi connectivity index (χ1) is 17.0. The summed E-state index contributed by atoms with van der Waals surface area (Å²) in [5, 5.41) is 0. The molecule has 4 atom stereocenters. The van der Waals surface area contributed by atoms with Crippen molar-refractivity contribution in [2.45, 2.75) is 120 Å². The average Bonchev–Trinajstić information content (AvgIpc) is 2.88. The molecule has 202 valence electrons. The zero-order chi connectivity index (χ0) is 26.9. The van der Waals surface area contributed by atoms with E-state index >= 15 is 0 Å². The average molecular weight is 509 g/mol. The molecule has 0 amide bonds. The molecule has 0 aliphatic carbocycles. The van der Waals surface area contributed by atoms with Gasteiger partial charge in [-0.1, -0.05) is 131 Å². The fourth-order valence-electron chi connectivity index (χ4n) is 5.67. The minimum Gasteiger partial charge on any atom is -0.191 e. The number of hydrogen-bond acceptors (Lipinski definition) is 0. The molecule has 0 saturated carbocycles. The molecule has 2 rings (SSSR count). The van der Waals surface area contributed by atoms with Crippen molar-refractivity contribution >= 4 is 0 Å². The van der Waals surface area contributed by atoms with Gasteiger partial charge in [0, 0.05) is 0 Å². The summed E-state index contributed by atoms with van der Waals surface area (Å²) in [6.07, 6.45) is 8.39. The topological polar surface area (TPSA) is 0 Å². The van der Waals surface area contributed by atoms with Crippen molar-refractivity contribution in [1.82, 2.24) is 0 Å². The molecule has 0 heterocycles. The summed E-state index contributed by atoms with van der Waals surface area (Å²) >= 11 is 0. The molecule has 4 unspecified atom stereocenters. The van der Waals surface area contributed by atoms with Crippen molar-refractivity contribution in [3.63, 3.8) is 0 Å². The minimum absolute atomic E-state index is 0. The summed E-state index contributed by atoms with van der Waals surface area (Å²) in [5.41, 5.74) is 5.87. The van der Waals surface area contributed by atoms with Gasteiger partial charge in [0.05, 0.1) is 0 Å². The Bertz CT molecular complexity index is 910. The van der Waals surface area contributed by atoms with E-state index in [4.69, 9.17) is 0 Å². The number of rotatable bonds is 15. The summed E-state index contributed by atoms with van der Waals surface area (Å²) < 4.78 is 0. The Kier molecular flexibility index (Phi) is 20.9. The van der Waals surface area contributed by atoms with Crippen molar-refractivity contribution in [2.75, 3.05) is 0 Å². The van der Waals surface area contributed by atoms with Gasteiger partial charge in [-0.3, -0.25) is 0 Å². The van der Waals surface area contributed by atoms with Crippen LogP contribution in [0.4, 0.5) is 0 Å². The van der Waals surface area contributed by atoms with Crippen LogP contribution in [0, 0.1) is 35.5 Å². The van der Waals surface area contributed by atoms with E-state index in [1.54, 1.807) is 0 Å². The largest absolute Gasteiger partial charge is 1.00 e. The molecular weight excluding hydrogens is 453 g/mol. The molecule has 0 spiro atoms. The van der Waals surface area contributed by atoms with Crippen LogP contribution < -0.4 is 56.6 Å². The molecule has 0 fully saturated rings. The zero-order valence-electron chi connectivity index (χ0n) is 28.3. The van der Waals surface area contributed by atoms with Gasteiger partial charge < -0.3 is 0 Å². The molecule has 0 aromatic heterocycles. The predicted molar refractivity (Wildman–Crippen MR) is 161 cm³/mol. The smallest absolute Gasteiger partial charge is 0.191 e. The molecule has 0 nitrogen and oxygen atoms in total. The first-order valence-electron chi connectivity index (χ1n) is 14.7. The SMILES string of the molecule is CCC(C)C[C-](C)c1cccc([C-](C)CC(C)(CC(C)CC)c2cccc([C-](C)CC(C)CC)c2)c1.[Li+].[Li+].[Li+]. The second kappa shape index (κ2) is 19.9. The molecule has 2 aromatic rings. The van der Waals surface area contributed by atoms with E-state index in [1.165, 1.54) is 78.5 Å². The minimum atomic E-state index is 0. The molecule has 0 N–H and O–H groups in total. The second-order valence-corrected chi connectivity index (χ2v) is 12.4. The quantitative estimate of drug-likeness (QED) is 0.256. The maximum absolute atomic E-state index is 2.51. The molecule has 0 bridgehead atoms. The fraction of sp³-hybridized carbons (Fsp3) is 0.583. The third kappa shape index (κ3) is 12.7. The Labute approximate surface area is 280 Å². The van der Waals surface area contributed by atoms with Crippen LogP contribution in [0.5, 0.6) is 0 Å². The molecule has 0 saturated heterocycles. The van der Waals surface area contributed by atoms with Crippen LogP contribution in [-0.4, -0.2) is 0 Å². The van der Waals surface area contributed by atoms with E-state index in [1.807, 2.05) is 0 Å². The molecule has 39 heavy (non-hydrogen) atoms. The monoisotopic (exact) mass is 508 g/mol. The fourth-order valence-corrected chi connectivity index (χ4v) is 5.67. The van der Waals surface area contributed by atoms with Crippen LogP contribution in [0.2, 0.25) is 0 Å². The van der Waals surface area contributed by atoms with Gasteiger partial charge in [0.15, 0.2) is 0 Å². The Morgan fingerprint density at radius 3 is 1.49 bits per heavy atom. The maximum Gasteiger partial charge on any atom is 1.00 e. The van der Waals surface area contributed by atoms with Gasteiger partial charge in [0.2, 0.25) is 0 Å². The third-order valence-corrected chi connectivity index (χ3v) is 8.75. The van der Waals surface area contributed by atoms with Crippen molar-refractivity contribution in [1.29, 1.82) is 0 Å². The number of hydrogen-bond donors (Lipinski definition) is 0. The van der Waals surface area contributed by atoms with E-state index in [0.29, 0.717) is 5.92 Å². The summed E-state index contributed by atoms with van der Waals surface area (Å²) in [4.78, 5) is 0. The van der Waals surface area contributed by atoms with Crippen molar-refractivity contribution in [3.8, 4) is 0 Å². The van der Waals surface area contributed by atoms with E-state index in [9.17, 15) is 0 Å². The Hall–Kier alpha value is -0.158. The standard InChI is InChI=1S/C36H55.3Li/c1-11-26(4)20-29(7)32-16-14-17-33(22-32)31(9)25-36(10,24-28(6)13-3)35-19-15-18-34(23-35)30(8)21-27(5)12-2;;;/h14-19,22-23,26-28H,11-13,20-21,24-25H2,1-10H3;;;/q-3;3*+1. The van der Waals surface area contributed by atoms with Crippen LogP contribution in [0.3, 0.4) is 0 Å². The molecule has 0 aliphatic rings. The molecule has 0 radical (unpaired) electrons. The van der Waals surface area contributed by atoms with E-state index in [2.05, 4.69) is 118 Å². The van der Waals surface area contributed by atoms with Gasteiger partial charge in [0.25, 0.3) is 0 Å². The van der Waals surface area contributed by atoms with Crippen LogP contribution in [0.15, 0.2) is 48.5 Å². The molecule has 3 heteroatoms. The summed E-state index contributed by atoms with van der Waals surface area (Å²) in [5.74, 6) is 6.73.